The summed E-state index contributed by atoms with van der Waals surface area (Å²) in [7, 11) is 12.9. The highest BCUT2D eigenvalue weighted by molar-refractivity contribution is 6.42. The average molecular weight is 394 g/mol. The highest BCUT2D eigenvalue weighted by atomic mass is 16.3. The van der Waals surface area contributed by atoms with Crippen molar-refractivity contribution in [2.24, 2.45) is 0 Å². The number of rotatable bonds is 4. The van der Waals surface area contributed by atoms with Crippen molar-refractivity contribution in [2.75, 3.05) is 23.3 Å². The first-order valence-corrected chi connectivity index (χ1v) is 9.99. The van der Waals surface area contributed by atoms with Crippen molar-refractivity contribution in [3.8, 4) is 0 Å². The van der Waals surface area contributed by atoms with Crippen molar-refractivity contribution < 1.29 is 5.11 Å². The highest BCUT2D eigenvalue weighted by Crippen LogP contribution is 2.27. The van der Waals surface area contributed by atoms with Gasteiger partial charge < -0.3 is 20.3 Å². The number of pyridine rings is 1. The van der Waals surface area contributed by atoms with Gasteiger partial charge in [-0.25, -0.2) is 15.0 Å². The molecule has 9 heteroatoms. The topological polar surface area (TPSA) is 90.0 Å². The molecule has 5 rings (SSSR count). The highest BCUT2D eigenvalue weighted by Gasteiger charge is 2.23. The van der Waals surface area contributed by atoms with Crippen molar-refractivity contribution in [1.29, 1.82) is 0 Å². The number of aliphatic hydroxyl groups is 1. The molecular formula is C21H20B2N6O. The van der Waals surface area contributed by atoms with Gasteiger partial charge >= 0.3 is 0 Å². The summed E-state index contributed by atoms with van der Waals surface area (Å²) in [6.07, 6.45) is 4.70. The number of hydrogen-bond donors (Lipinski definition) is 3. The molecule has 1 fully saturated rings. The minimum atomic E-state index is -1.34. The van der Waals surface area contributed by atoms with E-state index >= 15 is 0 Å². The summed E-state index contributed by atoms with van der Waals surface area (Å²) in [5, 5.41) is 12.4. The number of aliphatic hydroxyl groups excluding tert-OH is 1. The largest absolute Gasteiger partial charge is 0.393 e. The number of aromatic amines is 1. The normalized spacial score (nSPS) is 15.7. The summed E-state index contributed by atoms with van der Waals surface area (Å²) in [6.45, 7) is 1.53. The van der Waals surface area contributed by atoms with Gasteiger partial charge in [0.25, 0.3) is 0 Å². The third kappa shape index (κ3) is 3.50. The molecule has 7 nitrogen and oxygen atoms in total. The molecule has 3 aromatic heterocycles. The smallest absolute Gasteiger partial charge is 0.182 e. The molecule has 1 aliphatic rings. The van der Waals surface area contributed by atoms with Gasteiger partial charge in [0.15, 0.2) is 5.65 Å². The molecule has 0 amide bonds. The minimum absolute atomic E-state index is 0.232. The van der Waals surface area contributed by atoms with Crippen LogP contribution < -0.4 is 10.2 Å². The Balaban J connectivity index is 1.44. The summed E-state index contributed by atoms with van der Waals surface area (Å²) in [6, 6.07) is 11.5. The maximum atomic E-state index is 9.73. The molecule has 146 valence electrons. The van der Waals surface area contributed by atoms with E-state index in [0.717, 1.165) is 48.2 Å². The van der Waals surface area contributed by atoms with Crippen LogP contribution in [-0.2, 0) is 5.34 Å². The number of piperidine rings is 1. The zero-order chi connectivity index (χ0) is 20.7. The quantitative estimate of drug-likeness (QED) is 0.459. The summed E-state index contributed by atoms with van der Waals surface area (Å²) in [5.74, 6) is 1.27. The van der Waals surface area contributed by atoms with E-state index in [2.05, 4.69) is 30.2 Å². The average Bonchev–Trinajstić information content (AvgIpc) is 3.22. The second-order valence-corrected chi connectivity index (χ2v) is 7.72. The van der Waals surface area contributed by atoms with Crippen molar-refractivity contribution in [1.82, 2.24) is 19.9 Å². The van der Waals surface area contributed by atoms with Gasteiger partial charge in [0.2, 0.25) is 0 Å². The predicted octanol–water partition coefficient (Wildman–Crippen LogP) is 2.03. The Morgan fingerprint density at radius 3 is 2.77 bits per heavy atom. The fourth-order valence-electron chi connectivity index (χ4n) is 3.94. The van der Waals surface area contributed by atoms with E-state index < -0.39 is 5.34 Å². The van der Waals surface area contributed by atoms with E-state index in [9.17, 15) is 5.11 Å². The van der Waals surface area contributed by atoms with E-state index in [1.54, 1.807) is 6.20 Å². The molecule has 1 aromatic carbocycles. The number of hydrogen-bond acceptors (Lipinski definition) is 6. The van der Waals surface area contributed by atoms with Gasteiger partial charge in [-0.2, -0.15) is 0 Å². The van der Waals surface area contributed by atoms with Crippen LogP contribution in [0.25, 0.3) is 22.1 Å². The van der Waals surface area contributed by atoms with Crippen LogP contribution in [0.1, 0.15) is 18.4 Å². The van der Waals surface area contributed by atoms with Gasteiger partial charge in [-0.15, -0.1) is 0 Å². The first kappa shape index (κ1) is 18.9. The van der Waals surface area contributed by atoms with Gasteiger partial charge in [0.05, 0.1) is 28.0 Å². The molecule has 0 aliphatic carbocycles. The fourth-order valence-corrected chi connectivity index (χ4v) is 3.94. The van der Waals surface area contributed by atoms with Crippen LogP contribution in [0.5, 0.6) is 0 Å². The van der Waals surface area contributed by atoms with Crippen LogP contribution >= 0.6 is 0 Å². The second kappa shape index (κ2) is 7.32. The predicted molar refractivity (Wildman–Crippen MR) is 120 cm³/mol. The summed E-state index contributed by atoms with van der Waals surface area (Å²) in [5.41, 5.74) is 2.90. The standard InChI is InChI=1S/C21H20B2N6O/c22-21(23,15-2-1-3-16-14(15)6-9-24-16)28-18-12-25-17-4-5-19(27-20(17)26-18)29-10-7-13(30)8-11-29/h1-6,9,12-13,24,30H,7-8,10-11H2,(H,26,27,28). The maximum absolute atomic E-state index is 9.73. The maximum Gasteiger partial charge on any atom is 0.182 e. The van der Waals surface area contributed by atoms with Crippen LogP contribution in [-0.4, -0.2) is 59.9 Å². The van der Waals surface area contributed by atoms with E-state index in [4.69, 9.17) is 15.7 Å². The van der Waals surface area contributed by atoms with E-state index in [-0.39, 0.29) is 6.10 Å². The van der Waals surface area contributed by atoms with E-state index in [1.807, 2.05) is 42.6 Å². The van der Waals surface area contributed by atoms with Crippen LogP contribution in [0.3, 0.4) is 0 Å². The molecule has 30 heavy (non-hydrogen) atoms. The monoisotopic (exact) mass is 394 g/mol. The third-order valence-electron chi connectivity index (χ3n) is 5.56. The number of anilines is 2. The summed E-state index contributed by atoms with van der Waals surface area (Å²) >= 11 is 0. The van der Waals surface area contributed by atoms with Crippen LogP contribution in [0.4, 0.5) is 11.6 Å². The number of H-pyrrole nitrogens is 1. The summed E-state index contributed by atoms with van der Waals surface area (Å²) in [4.78, 5) is 19.0. The van der Waals surface area contributed by atoms with Crippen molar-refractivity contribution in [3.63, 3.8) is 0 Å². The number of fused-ring (bicyclic) bond motifs is 2. The zero-order valence-electron chi connectivity index (χ0n) is 16.4. The number of benzene rings is 1. The van der Waals surface area contributed by atoms with E-state index in [0.29, 0.717) is 17.0 Å². The zero-order valence-corrected chi connectivity index (χ0v) is 16.4. The molecule has 4 heterocycles. The lowest BCUT2D eigenvalue weighted by Crippen LogP contribution is -2.37. The van der Waals surface area contributed by atoms with Crippen LogP contribution in [0.15, 0.2) is 48.8 Å². The Kier molecular flexibility index (Phi) is 4.62. The molecule has 0 atom stereocenters. The lowest BCUT2D eigenvalue weighted by Gasteiger charge is -2.30. The van der Waals surface area contributed by atoms with Gasteiger partial charge in [0, 0.05) is 30.2 Å². The first-order chi connectivity index (χ1) is 14.5. The summed E-state index contributed by atoms with van der Waals surface area (Å²) < 4.78 is 0. The molecule has 0 saturated carbocycles. The Bertz CT molecular complexity index is 1200. The van der Waals surface area contributed by atoms with Crippen LogP contribution in [0, 0.1) is 0 Å². The Hall–Kier alpha value is -3.06. The van der Waals surface area contributed by atoms with E-state index in [1.165, 1.54) is 0 Å². The van der Waals surface area contributed by atoms with Gasteiger partial charge in [-0.1, -0.05) is 12.1 Å². The van der Waals surface area contributed by atoms with Crippen molar-refractivity contribution in [2.45, 2.75) is 24.3 Å². The first-order valence-electron chi connectivity index (χ1n) is 9.99. The number of nitrogens with zero attached hydrogens (tertiary/aromatic N) is 4. The van der Waals surface area contributed by atoms with Crippen LogP contribution in [0.2, 0.25) is 0 Å². The van der Waals surface area contributed by atoms with Crippen molar-refractivity contribution >= 4 is 49.4 Å². The third-order valence-corrected chi connectivity index (χ3v) is 5.56. The Morgan fingerprint density at radius 1 is 1.10 bits per heavy atom. The molecule has 4 aromatic rings. The molecule has 1 aliphatic heterocycles. The molecule has 0 spiro atoms. The second-order valence-electron chi connectivity index (χ2n) is 7.72. The fraction of sp³-hybridized carbons (Fsp3) is 0.286. The SMILES string of the molecule is [B]C([B])(Nc1cnc2ccc(N3CCC(O)CC3)nc2n1)c1cccc2[nH]ccc12. The molecular weight excluding hydrogens is 374 g/mol. The Morgan fingerprint density at radius 2 is 1.93 bits per heavy atom. The Labute approximate surface area is 176 Å². The number of aromatic nitrogens is 4. The van der Waals surface area contributed by atoms with Gasteiger partial charge in [-0.05, 0) is 48.0 Å². The van der Waals surface area contributed by atoms with Crippen molar-refractivity contribution in [3.05, 3.63) is 54.4 Å². The molecule has 0 unspecified atom stereocenters. The lowest BCUT2D eigenvalue weighted by molar-refractivity contribution is 0.145. The lowest BCUT2D eigenvalue weighted by atomic mass is 9.57. The molecule has 1 saturated heterocycles. The molecule has 3 N–H and O–H groups in total. The van der Waals surface area contributed by atoms with Gasteiger partial charge in [0.1, 0.15) is 17.2 Å². The molecule has 4 radical (unpaired) electrons. The molecule has 0 bridgehead atoms. The van der Waals surface area contributed by atoms with Gasteiger partial charge in [-0.3, -0.25) is 0 Å². The minimum Gasteiger partial charge on any atom is -0.393 e. The number of nitrogens with one attached hydrogen (secondary N) is 2.